The summed E-state index contributed by atoms with van der Waals surface area (Å²) in [4.78, 5) is 9.37. The molecule has 2 N–H and O–H groups in total. The van der Waals surface area contributed by atoms with Gasteiger partial charge in [0.1, 0.15) is 11.6 Å². The number of hydrogen-bond donors (Lipinski definition) is 1. The topological polar surface area (TPSA) is 45.4 Å². The summed E-state index contributed by atoms with van der Waals surface area (Å²) in [6.07, 6.45) is 3.92. The van der Waals surface area contributed by atoms with Gasteiger partial charge in [0.25, 0.3) is 0 Å². The third-order valence-electron chi connectivity index (χ3n) is 4.23. The van der Waals surface area contributed by atoms with E-state index in [4.69, 9.17) is 5.73 Å². The van der Waals surface area contributed by atoms with E-state index in [9.17, 15) is 0 Å². The molecule has 4 nitrogen and oxygen atoms in total. The summed E-state index contributed by atoms with van der Waals surface area (Å²) >= 11 is 0. The van der Waals surface area contributed by atoms with Crippen LogP contribution in [0.2, 0.25) is 0 Å². The molecule has 2 aliphatic heterocycles. The van der Waals surface area contributed by atoms with E-state index in [0.29, 0.717) is 11.9 Å². The normalized spacial score (nSPS) is 29.4. The van der Waals surface area contributed by atoms with Crippen molar-refractivity contribution in [2.75, 3.05) is 30.8 Å². The van der Waals surface area contributed by atoms with Gasteiger partial charge in [-0.15, -0.1) is 0 Å². The Morgan fingerprint density at radius 3 is 2.88 bits per heavy atom. The Kier molecular flexibility index (Phi) is 2.67. The molecule has 2 unspecified atom stereocenters. The molecule has 2 atom stereocenters. The van der Waals surface area contributed by atoms with Gasteiger partial charge in [0.2, 0.25) is 0 Å². The SMILES string of the molecule is CN1C2CCC1CN(c1cccc(N)n1)CC2. The zero-order valence-electron chi connectivity index (χ0n) is 10.3. The zero-order chi connectivity index (χ0) is 11.8. The van der Waals surface area contributed by atoms with Gasteiger partial charge in [0, 0.05) is 25.2 Å². The van der Waals surface area contributed by atoms with Crippen LogP contribution in [0.15, 0.2) is 18.2 Å². The number of rotatable bonds is 1. The largest absolute Gasteiger partial charge is 0.384 e. The molecular weight excluding hydrogens is 212 g/mol. The van der Waals surface area contributed by atoms with E-state index < -0.39 is 0 Å². The minimum atomic E-state index is 0.616. The number of nitrogens with zero attached hydrogens (tertiary/aromatic N) is 3. The molecular formula is C13H20N4. The van der Waals surface area contributed by atoms with Crippen molar-refractivity contribution in [2.45, 2.75) is 31.3 Å². The van der Waals surface area contributed by atoms with Crippen LogP contribution in [0.4, 0.5) is 11.6 Å². The van der Waals surface area contributed by atoms with Crippen LogP contribution < -0.4 is 10.6 Å². The monoisotopic (exact) mass is 232 g/mol. The van der Waals surface area contributed by atoms with Gasteiger partial charge in [0.05, 0.1) is 0 Å². The second-order valence-electron chi connectivity index (χ2n) is 5.21. The summed E-state index contributed by atoms with van der Waals surface area (Å²) in [5, 5.41) is 0. The molecule has 0 aliphatic carbocycles. The summed E-state index contributed by atoms with van der Waals surface area (Å²) in [6.45, 7) is 2.19. The van der Waals surface area contributed by atoms with Gasteiger partial charge >= 0.3 is 0 Å². The average molecular weight is 232 g/mol. The Morgan fingerprint density at radius 1 is 1.24 bits per heavy atom. The highest BCUT2D eigenvalue weighted by atomic mass is 15.3. The van der Waals surface area contributed by atoms with Crippen molar-refractivity contribution in [2.24, 2.45) is 0 Å². The summed E-state index contributed by atoms with van der Waals surface area (Å²) in [5.74, 6) is 1.65. The first-order valence-electron chi connectivity index (χ1n) is 6.43. The molecule has 92 valence electrons. The highest BCUT2D eigenvalue weighted by molar-refractivity contribution is 5.45. The minimum Gasteiger partial charge on any atom is -0.384 e. The molecule has 3 rings (SSSR count). The van der Waals surface area contributed by atoms with Gasteiger partial charge in [-0.25, -0.2) is 4.98 Å². The highest BCUT2D eigenvalue weighted by Crippen LogP contribution is 2.30. The van der Waals surface area contributed by atoms with Gasteiger partial charge in [-0.3, -0.25) is 4.90 Å². The molecule has 0 radical (unpaired) electrons. The van der Waals surface area contributed by atoms with E-state index >= 15 is 0 Å². The Bertz CT molecular complexity index is 406. The van der Waals surface area contributed by atoms with E-state index in [1.165, 1.54) is 19.3 Å². The molecule has 3 heterocycles. The van der Waals surface area contributed by atoms with E-state index in [2.05, 4.69) is 27.9 Å². The fourth-order valence-corrected chi connectivity index (χ4v) is 3.13. The van der Waals surface area contributed by atoms with Crippen LogP contribution in [0.3, 0.4) is 0 Å². The number of nitrogens with two attached hydrogens (primary N) is 1. The number of likely N-dealkylation sites (N-methyl/N-ethyl adjacent to an activating group) is 1. The first-order valence-corrected chi connectivity index (χ1v) is 6.43. The van der Waals surface area contributed by atoms with Crippen molar-refractivity contribution in [1.82, 2.24) is 9.88 Å². The number of pyridine rings is 1. The molecule has 4 heteroatoms. The van der Waals surface area contributed by atoms with Gasteiger partial charge in [-0.05, 0) is 38.4 Å². The molecule has 0 spiro atoms. The Balaban J connectivity index is 1.81. The predicted octanol–water partition coefficient (Wildman–Crippen LogP) is 1.34. The number of aromatic nitrogens is 1. The van der Waals surface area contributed by atoms with Crippen LogP contribution in [0.5, 0.6) is 0 Å². The van der Waals surface area contributed by atoms with Crippen LogP contribution in [-0.2, 0) is 0 Å². The highest BCUT2D eigenvalue weighted by Gasteiger charge is 2.34. The van der Waals surface area contributed by atoms with E-state index in [1.54, 1.807) is 0 Å². The maximum absolute atomic E-state index is 5.76. The number of hydrogen-bond acceptors (Lipinski definition) is 4. The molecule has 1 aromatic heterocycles. The van der Waals surface area contributed by atoms with Gasteiger partial charge in [0.15, 0.2) is 0 Å². The summed E-state index contributed by atoms with van der Waals surface area (Å²) in [6, 6.07) is 7.36. The molecule has 0 aromatic carbocycles. The van der Waals surface area contributed by atoms with Gasteiger partial charge < -0.3 is 10.6 Å². The minimum absolute atomic E-state index is 0.616. The van der Waals surface area contributed by atoms with Crippen molar-refractivity contribution >= 4 is 11.6 Å². The third-order valence-corrected chi connectivity index (χ3v) is 4.23. The maximum Gasteiger partial charge on any atom is 0.131 e. The van der Waals surface area contributed by atoms with Crippen LogP contribution in [-0.4, -0.2) is 42.1 Å². The Hall–Kier alpha value is -1.29. The molecule has 2 saturated heterocycles. The first-order chi connectivity index (χ1) is 8.24. The lowest BCUT2D eigenvalue weighted by molar-refractivity contribution is 0.254. The van der Waals surface area contributed by atoms with E-state index in [1.807, 2.05) is 12.1 Å². The van der Waals surface area contributed by atoms with Crippen molar-refractivity contribution < 1.29 is 0 Å². The molecule has 0 amide bonds. The molecule has 1 aromatic rings. The number of anilines is 2. The lowest BCUT2D eigenvalue weighted by atomic mass is 10.1. The summed E-state index contributed by atoms with van der Waals surface area (Å²) < 4.78 is 0. The standard InChI is InChI=1S/C13H20N4/c1-16-10-5-6-11(16)9-17(8-7-10)13-4-2-3-12(14)15-13/h2-4,10-11H,5-9H2,1H3,(H2,14,15). The quantitative estimate of drug-likeness (QED) is 0.793. The van der Waals surface area contributed by atoms with Gasteiger partial charge in [-0.2, -0.15) is 0 Å². The van der Waals surface area contributed by atoms with Crippen molar-refractivity contribution in [3.63, 3.8) is 0 Å². The number of fused-ring (bicyclic) bond motifs is 2. The van der Waals surface area contributed by atoms with Gasteiger partial charge in [-0.1, -0.05) is 6.07 Å². The zero-order valence-corrected chi connectivity index (χ0v) is 10.3. The third kappa shape index (κ3) is 1.97. The Morgan fingerprint density at radius 2 is 2.06 bits per heavy atom. The van der Waals surface area contributed by atoms with E-state index in [-0.39, 0.29) is 0 Å². The smallest absolute Gasteiger partial charge is 0.131 e. The average Bonchev–Trinajstić information content (AvgIpc) is 2.53. The first kappa shape index (κ1) is 10.8. The maximum atomic E-state index is 5.76. The second kappa shape index (κ2) is 4.18. The van der Waals surface area contributed by atoms with Crippen LogP contribution in [0, 0.1) is 0 Å². The van der Waals surface area contributed by atoms with Crippen LogP contribution in [0.1, 0.15) is 19.3 Å². The van der Waals surface area contributed by atoms with Crippen LogP contribution in [0.25, 0.3) is 0 Å². The molecule has 2 bridgehead atoms. The molecule has 17 heavy (non-hydrogen) atoms. The van der Waals surface area contributed by atoms with Crippen LogP contribution >= 0.6 is 0 Å². The van der Waals surface area contributed by atoms with Crippen molar-refractivity contribution in [3.05, 3.63) is 18.2 Å². The second-order valence-corrected chi connectivity index (χ2v) is 5.21. The van der Waals surface area contributed by atoms with Crippen molar-refractivity contribution in [3.8, 4) is 0 Å². The number of nitrogen functional groups attached to an aromatic ring is 1. The molecule has 2 fully saturated rings. The molecule has 2 aliphatic rings. The predicted molar refractivity (Wildman–Crippen MR) is 70.1 cm³/mol. The summed E-state index contributed by atoms with van der Waals surface area (Å²) in [5.41, 5.74) is 5.76. The fourth-order valence-electron chi connectivity index (χ4n) is 3.13. The molecule has 0 saturated carbocycles. The van der Waals surface area contributed by atoms with Crippen molar-refractivity contribution in [1.29, 1.82) is 0 Å². The lowest BCUT2D eigenvalue weighted by Gasteiger charge is -2.26. The summed E-state index contributed by atoms with van der Waals surface area (Å²) in [7, 11) is 2.26. The lowest BCUT2D eigenvalue weighted by Crippen LogP contribution is -2.37. The Labute approximate surface area is 102 Å². The fraction of sp³-hybridized carbons (Fsp3) is 0.615. The van der Waals surface area contributed by atoms with E-state index in [0.717, 1.165) is 24.9 Å².